The number of nitrogens with zero attached hydrogens (tertiary/aromatic N) is 4. The summed E-state index contributed by atoms with van der Waals surface area (Å²) in [4.78, 5) is 26.9. The average Bonchev–Trinajstić information content (AvgIpc) is 2.83. The minimum absolute atomic E-state index is 0.102. The lowest BCUT2D eigenvalue weighted by Crippen LogP contribution is -2.50. The van der Waals surface area contributed by atoms with E-state index >= 15 is 0 Å². The number of carbonyl (C=O) groups excluding carboxylic acids is 1. The number of rotatable bonds is 6. The Morgan fingerprint density at radius 3 is 2.27 bits per heavy atom. The van der Waals surface area contributed by atoms with Gasteiger partial charge >= 0.3 is 0 Å². The van der Waals surface area contributed by atoms with Crippen LogP contribution in [0.3, 0.4) is 0 Å². The largest absolute Gasteiger partial charge is 0.353 e. The van der Waals surface area contributed by atoms with Crippen molar-refractivity contribution in [2.75, 3.05) is 31.1 Å². The first-order chi connectivity index (χ1) is 16.0. The van der Waals surface area contributed by atoms with Crippen molar-refractivity contribution in [3.8, 4) is 0 Å². The molecule has 0 spiro atoms. The van der Waals surface area contributed by atoms with Gasteiger partial charge in [-0.3, -0.25) is 4.79 Å². The summed E-state index contributed by atoms with van der Waals surface area (Å²) in [6, 6.07) is 16.6. The molecule has 1 aliphatic rings. The number of carbonyl (C=O) groups is 1. The van der Waals surface area contributed by atoms with Gasteiger partial charge in [0.25, 0.3) is 0 Å². The van der Waals surface area contributed by atoms with Gasteiger partial charge in [0.1, 0.15) is 17.5 Å². The van der Waals surface area contributed by atoms with E-state index < -0.39 is 0 Å². The van der Waals surface area contributed by atoms with Crippen molar-refractivity contribution < 1.29 is 9.18 Å². The van der Waals surface area contributed by atoms with Crippen molar-refractivity contribution in [2.45, 2.75) is 39.5 Å². The summed E-state index contributed by atoms with van der Waals surface area (Å²) in [5, 5.41) is 0. The minimum Gasteiger partial charge on any atom is -0.353 e. The van der Waals surface area contributed by atoms with Crippen molar-refractivity contribution in [1.82, 2.24) is 14.9 Å². The van der Waals surface area contributed by atoms with Crippen LogP contribution in [0.25, 0.3) is 0 Å². The number of benzene rings is 2. The van der Waals surface area contributed by atoms with E-state index in [1.165, 1.54) is 12.1 Å². The Morgan fingerprint density at radius 2 is 1.64 bits per heavy atom. The van der Waals surface area contributed by atoms with E-state index in [1.54, 1.807) is 0 Å². The van der Waals surface area contributed by atoms with Gasteiger partial charge in [-0.15, -0.1) is 0 Å². The van der Waals surface area contributed by atoms with Crippen LogP contribution < -0.4 is 4.90 Å². The van der Waals surface area contributed by atoms with Gasteiger partial charge in [0.15, 0.2) is 0 Å². The van der Waals surface area contributed by atoms with Crippen molar-refractivity contribution in [2.24, 2.45) is 0 Å². The van der Waals surface area contributed by atoms with Crippen LogP contribution in [0.2, 0.25) is 0 Å². The van der Waals surface area contributed by atoms with E-state index in [0.29, 0.717) is 19.5 Å². The third-order valence-corrected chi connectivity index (χ3v) is 6.40. The molecule has 0 saturated carbocycles. The maximum atomic E-state index is 13.4. The van der Waals surface area contributed by atoms with Gasteiger partial charge in [0, 0.05) is 43.9 Å². The van der Waals surface area contributed by atoms with Crippen LogP contribution in [-0.4, -0.2) is 47.0 Å². The van der Waals surface area contributed by atoms with E-state index in [9.17, 15) is 9.18 Å². The Balaban J connectivity index is 1.50. The zero-order chi connectivity index (χ0) is 23.4. The summed E-state index contributed by atoms with van der Waals surface area (Å²) in [6.45, 7) is 8.76. The molecule has 1 unspecified atom stereocenters. The fourth-order valence-corrected chi connectivity index (χ4v) is 4.59. The zero-order valence-corrected chi connectivity index (χ0v) is 19.6. The maximum absolute atomic E-state index is 13.4. The third-order valence-electron chi connectivity index (χ3n) is 6.40. The Hall–Kier alpha value is -3.28. The highest BCUT2D eigenvalue weighted by Crippen LogP contribution is 2.27. The summed E-state index contributed by atoms with van der Waals surface area (Å²) < 4.78 is 13.4. The van der Waals surface area contributed by atoms with Crippen LogP contribution in [0.15, 0.2) is 54.6 Å². The van der Waals surface area contributed by atoms with Crippen LogP contribution in [0, 0.1) is 19.7 Å². The molecule has 172 valence electrons. The number of amides is 1. The van der Waals surface area contributed by atoms with Gasteiger partial charge in [-0.25, -0.2) is 14.4 Å². The first kappa shape index (κ1) is 22.9. The van der Waals surface area contributed by atoms with Crippen LogP contribution in [-0.2, 0) is 11.2 Å². The second kappa shape index (κ2) is 10.1. The van der Waals surface area contributed by atoms with Crippen molar-refractivity contribution in [3.05, 3.63) is 88.6 Å². The van der Waals surface area contributed by atoms with Gasteiger partial charge < -0.3 is 9.80 Å². The van der Waals surface area contributed by atoms with Crippen molar-refractivity contribution in [1.29, 1.82) is 0 Å². The standard InChI is InChI=1S/C27H31FN4O/c1-4-24(22-8-6-5-7-9-22)27(33)32-16-14-31(15-17-32)26-25(19(2)29-20(3)30-26)18-21-10-12-23(28)13-11-21/h5-13,24H,4,14-18H2,1-3H3. The highest BCUT2D eigenvalue weighted by molar-refractivity contribution is 5.84. The summed E-state index contributed by atoms with van der Waals surface area (Å²) in [5.74, 6) is 1.52. The predicted molar refractivity (Wildman–Crippen MR) is 129 cm³/mol. The molecule has 1 atom stereocenters. The summed E-state index contributed by atoms with van der Waals surface area (Å²) in [5.41, 5.74) is 4.10. The Morgan fingerprint density at radius 1 is 0.970 bits per heavy atom. The molecule has 1 aromatic heterocycles. The molecule has 2 aromatic carbocycles. The second-order valence-electron chi connectivity index (χ2n) is 8.65. The molecule has 6 heteroatoms. The van der Waals surface area contributed by atoms with E-state index in [4.69, 9.17) is 4.98 Å². The van der Waals surface area contributed by atoms with Gasteiger partial charge in [-0.1, -0.05) is 49.4 Å². The summed E-state index contributed by atoms with van der Waals surface area (Å²) in [6.07, 6.45) is 1.43. The lowest BCUT2D eigenvalue weighted by atomic mass is 9.94. The number of anilines is 1. The first-order valence-corrected chi connectivity index (χ1v) is 11.6. The topological polar surface area (TPSA) is 49.3 Å². The van der Waals surface area contributed by atoms with Gasteiger partial charge in [0.05, 0.1) is 5.92 Å². The SMILES string of the molecule is CCC(C(=O)N1CCN(c2nc(C)nc(C)c2Cc2ccc(F)cc2)CC1)c1ccccc1. The molecule has 1 amide bonds. The summed E-state index contributed by atoms with van der Waals surface area (Å²) in [7, 11) is 0. The monoisotopic (exact) mass is 446 g/mol. The van der Waals surface area contributed by atoms with Crippen LogP contribution in [0.4, 0.5) is 10.2 Å². The average molecular weight is 447 g/mol. The van der Waals surface area contributed by atoms with Crippen LogP contribution >= 0.6 is 0 Å². The Bertz CT molecular complexity index is 1090. The summed E-state index contributed by atoms with van der Waals surface area (Å²) >= 11 is 0. The van der Waals surface area contributed by atoms with Crippen molar-refractivity contribution >= 4 is 11.7 Å². The zero-order valence-electron chi connectivity index (χ0n) is 19.6. The molecule has 3 aromatic rings. The minimum atomic E-state index is -0.238. The van der Waals surface area contributed by atoms with Crippen molar-refractivity contribution in [3.63, 3.8) is 0 Å². The van der Waals surface area contributed by atoms with E-state index in [1.807, 2.05) is 61.2 Å². The second-order valence-corrected chi connectivity index (χ2v) is 8.65. The first-order valence-electron chi connectivity index (χ1n) is 11.6. The lowest BCUT2D eigenvalue weighted by molar-refractivity contribution is -0.133. The molecule has 4 rings (SSSR count). The molecule has 0 aliphatic carbocycles. The van der Waals surface area contributed by atoms with Gasteiger partial charge in [-0.2, -0.15) is 0 Å². The quantitative estimate of drug-likeness (QED) is 0.552. The Labute approximate surface area is 195 Å². The smallest absolute Gasteiger partial charge is 0.230 e. The molecule has 1 fully saturated rings. The molecule has 0 bridgehead atoms. The third kappa shape index (κ3) is 5.21. The van der Waals surface area contributed by atoms with E-state index in [0.717, 1.165) is 53.5 Å². The fraction of sp³-hybridized carbons (Fsp3) is 0.370. The molecule has 33 heavy (non-hydrogen) atoms. The normalized spacial score (nSPS) is 14.9. The number of aromatic nitrogens is 2. The maximum Gasteiger partial charge on any atom is 0.230 e. The van der Waals surface area contributed by atoms with Gasteiger partial charge in [0.2, 0.25) is 5.91 Å². The number of piperazine rings is 1. The molecule has 2 heterocycles. The number of hydrogen-bond donors (Lipinski definition) is 0. The lowest BCUT2D eigenvalue weighted by Gasteiger charge is -2.38. The number of halogens is 1. The molecule has 0 radical (unpaired) electrons. The van der Waals surface area contributed by atoms with Crippen LogP contribution in [0.5, 0.6) is 0 Å². The Kier molecular flexibility index (Phi) is 7.02. The van der Waals surface area contributed by atoms with E-state index in [-0.39, 0.29) is 17.6 Å². The molecule has 0 N–H and O–H groups in total. The fourth-order valence-electron chi connectivity index (χ4n) is 4.59. The molecular weight excluding hydrogens is 415 g/mol. The molecule has 1 saturated heterocycles. The highest BCUT2D eigenvalue weighted by Gasteiger charge is 2.29. The highest BCUT2D eigenvalue weighted by atomic mass is 19.1. The number of hydrogen-bond acceptors (Lipinski definition) is 4. The predicted octanol–water partition coefficient (Wildman–Crippen LogP) is 4.67. The van der Waals surface area contributed by atoms with E-state index in [2.05, 4.69) is 16.8 Å². The van der Waals surface area contributed by atoms with Gasteiger partial charge in [-0.05, 0) is 43.5 Å². The molecular formula is C27H31FN4O. The molecule has 1 aliphatic heterocycles. The number of aryl methyl sites for hydroxylation is 2. The molecule has 5 nitrogen and oxygen atoms in total. The van der Waals surface area contributed by atoms with Crippen LogP contribution in [0.1, 0.15) is 47.5 Å².